The zero-order valence-corrected chi connectivity index (χ0v) is 22.6. The molecule has 1 N–H and O–H groups in total. The van der Waals surface area contributed by atoms with Gasteiger partial charge >= 0.3 is 0 Å². The van der Waals surface area contributed by atoms with Crippen molar-refractivity contribution in [3.05, 3.63) is 58.1 Å². The van der Waals surface area contributed by atoms with E-state index in [0.29, 0.717) is 17.1 Å². The number of sulfonamides is 1. The molecule has 0 saturated carbocycles. The van der Waals surface area contributed by atoms with Crippen LogP contribution in [0.1, 0.15) is 32.3 Å². The van der Waals surface area contributed by atoms with E-state index < -0.39 is 28.5 Å². The zero-order chi connectivity index (χ0) is 26.2. The number of rotatable bonds is 12. The van der Waals surface area contributed by atoms with Gasteiger partial charge in [-0.15, -0.1) is 0 Å². The van der Waals surface area contributed by atoms with Crippen LogP contribution in [0.3, 0.4) is 0 Å². The van der Waals surface area contributed by atoms with Crippen molar-refractivity contribution < 1.29 is 22.7 Å². The summed E-state index contributed by atoms with van der Waals surface area (Å²) in [6.45, 7) is 3.60. The molecule has 2 aromatic rings. The number of carbonyl (C=O) groups is 2. The summed E-state index contributed by atoms with van der Waals surface area (Å²) in [4.78, 5) is 27.7. The largest absolute Gasteiger partial charge is 0.495 e. The fraction of sp³-hybridized carbons (Fsp3) is 0.417. The first-order valence-electron chi connectivity index (χ1n) is 11.1. The van der Waals surface area contributed by atoms with Gasteiger partial charge in [0, 0.05) is 23.1 Å². The van der Waals surface area contributed by atoms with Crippen LogP contribution in [0.2, 0.25) is 10.0 Å². The lowest BCUT2D eigenvalue weighted by atomic mass is 10.1. The van der Waals surface area contributed by atoms with Gasteiger partial charge in [0.1, 0.15) is 18.3 Å². The maximum absolute atomic E-state index is 13.6. The Morgan fingerprint density at radius 3 is 2.40 bits per heavy atom. The molecule has 0 aliphatic rings. The molecule has 2 amide bonds. The molecule has 0 heterocycles. The Morgan fingerprint density at radius 1 is 1.11 bits per heavy atom. The number of ether oxygens (including phenoxy) is 1. The van der Waals surface area contributed by atoms with Crippen molar-refractivity contribution in [1.82, 2.24) is 10.2 Å². The van der Waals surface area contributed by atoms with Crippen LogP contribution in [0.4, 0.5) is 5.69 Å². The maximum atomic E-state index is 13.6. The summed E-state index contributed by atoms with van der Waals surface area (Å²) < 4.78 is 31.6. The number of methoxy groups -OCH3 is 1. The van der Waals surface area contributed by atoms with Gasteiger partial charge in [-0.05, 0) is 49.2 Å². The molecule has 0 aliphatic heterocycles. The van der Waals surface area contributed by atoms with Crippen LogP contribution in [-0.2, 0) is 26.2 Å². The first-order valence-corrected chi connectivity index (χ1v) is 13.7. The minimum atomic E-state index is -3.91. The van der Waals surface area contributed by atoms with Gasteiger partial charge < -0.3 is 15.0 Å². The molecule has 2 rings (SSSR count). The normalized spacial score (nSPS) is 12.1. The Hall–Kier alpha value is -2.49. The van der Waals surface area contributed by atoms with E-state index in [1.54, 1.807) is 37.3 Å². The number of halogens is 2. The fourth-order valence-corrected chi connectivity index (χ4v) is 4.63. The van der Waals surface area contributed by atoms with E-state index in [4.69, 9.17) is 27.9 Å². The topological polar surface area (TPSA) is 96.0 Å². The SMILES string of the molecule is CCCCNC(=O)[C@H](C)N(Cc1cccc(Cl)c1)C(=O)CN(c1cc(Cl)ccc1OC)S(C)(=O)=O. The molecule has 0 saturated heterocycles. The lowest BCUT2D eigenvalue weighted by Crippen LogP contribution is -2.51. The van der Waals surface area contributed by atoms with E-state index in [1.807, 2.05) is 6.92 Å². The molecule has 0 aromatic heterocycles. The number of nitrogens with one attached hydrogen (secondary N) is 1. The zero-order valence-electron chi connectivity index (χ0n) is 20.3. The van der Waals surface area contributed by atoms with Crippen molar-refractivity contribution in [3.8, 4) is 5.75 Å². The van der Waals surface area contributed by atoms with Crippen LogP contribution in [-0.4, -0.2) is 57.6 Å². The van der Waals surface area contributed by atoms with E-state index in [9.17, 15) is 18.0 Å². The van der Waals surface area contributed by atoms with Gasteiger partial charge in [-0.1, -0.05) is 48.7 Å². The molecule has 0 fully saturated rings. The van der Waals surface area contributed by atoms with E-state index >= 15 is 0 Å². The van der Waals surface area contributed by atoms with Crippen molar-refractivity contribution in [3.63, 3.8) is 0 Å². The van der Waals surface area contributed by atoms with Crippen LogP contribution in [0.15, 0.2) is 42.5 Å². The summed E-state index contributed by atoms with van der Waals surface area (Å²) in [5.41, 5.74) is 0.823. The first-order chi connectivity index (χ1) is 16.5. The van der Waals surface area contributed by atoms with Gasteiger partial charge in [-0.25, -0.2) is 8.42 Å². The van der Waals surface area contributed by atoms with Crippen LogP contribution in [0.25, 0.3) is 0 Å². The van der Waals surface area contributed by atoms with Gasteiger partial charge in [-0.3, -0.25) is 13.9 Å². The maximum Gasteiger partial charge on any atom is 0.244 e. The molecule has 0 spiro atoms. The molecule has 2 aromatic carbocycles. The standard InChI is InChI=1S/C24H31Cl2N3O5S/c1-5-6-12-27-24(31)17(2)28(15-18-8-7-9-19(25)13-18)23(30)16-29(35(4,32)33)21-14-20(26)10-11-22(21)34-3/h7-11,13-14,17H,5-6,12,15-16H2,1-4H3,(H,27,31)/t17-/m0/s1. The Morgan fingerprint density at radius 2 is 1.80 bits per heavy atom. The molecule has 1 atom stereocenters. The summed E-state index contributed by atoms with van der Waals surface area (Å²) >= 11 is 12.2. The van der Waals surface area contributed by atoms with Crippen LogP contribution in [0.5, 0.6) is 5.75 Å². The lowest BCUT2D eigenvalue weighted by Gasteiger charge is -2.32. The third-order valence-electron chi connectivity index (χ3n) is 5.33. The molecular weight excluding hydrogens is 513 g/mol. The highest BCUT2D eigenvalue weighted by molar-refractivity contribution is 7.92. The van der Waals surface area contributed by atoms with Crippen molar-refractivity contribution in [2.24, 2.45) is 0 Å². The number of amides is 2. The summed E-state index contributed by atoms with van der Waals surface area (Å²) in [7, 11) is -2.52. The van der Waals surface area contributed by atoms with Gasteiger partial charge in [0.05, 0.1) is 19.1 Å². The van der Waals surface area contributed by atoms with E-state index in [2.05, 4.69) is 5.32 Å². The summed E-state index contributed by atoms with van der Waals surface area (Å²) in [5, 5.41) is 3.59. The number of hydrogen-bond acceptors (Lipinski definition) is 5. The molecule has 35 heavy (non-hydrogen) atoms. The number of hydrogen-bond donors (Lipinski definition) is 1. The minimum Gasteiger partial charge on any atom is -0.495 e. The Bertz CT molecular complexity index is 1140. The molecule has 0 radical (unpaired) electrons. The number of benzene rings is 2. The van der Waals surface area contributed by atoms with Crippen molar-refractivity contribution >= 4 is 50.7 Å². The molecule has 192 valence electrons. The second-order valence-corrected chi connectivity index (χ2v) is 10.8. The van der Waals surface area contributed by atoms with Gasteiger partial charge in [-0.2, -0.15) is 0 Å². The average Bonchev–Trinajstić information content (AvgIpc) is 2.79. The fourth-order valence-electron chi connectivity index (χ4n) is 3.40. The minimum absolute atomic E-state index is 0.0615. The Kier molecular flexibility index (Phi) is 10.7. The van der Waals surface area contributed by atoms with E-state index in [-0.39, 0.29) is 28.9 Å². The third kappa shape index (κ3) is 8.30. The van der Waals surface area contributed by atoms with Crippen LogP contribution in [0, 0.1) is 0 Å². The van der Waals surface area contributed by atoms with Crippen molar-refractivity contribution in [2.75, 3.05) is 30.8 Å². The van der Waals surface area contributed by atoms with Crippen LogP contribution < -0.4 is 14.4 Å². The quantitative estimate of drug-likeness (QED) is 0.406. The Labute approximate surface area is 217 Å². The van der Waals surface area contributed by atoms with Crippen molar-refractivity contribution in [2.45, 2.75) is 39.3 Å². The molecule has 0 aliphatic carbocycles. The highest BCUT2D eigenvalue weighted by atomic mass is 35.5. The smallest absolute Gasteiger partial charge is 0.244 e. The second-order valence-electron chi connectivity index (χ2n) is 8.06. The molecule has 0 unspecified atom stereocenters. The van der Waals surface area contributed by atoms with E-state index in [1.165, 1.54) is 24.1 Å². The monoisotopic (exact) mass is 543 g/mol. The summed E-state index contributed by atoms with van der Waals surface area (Å²) in [6.07, 6.45) is 2.70. The van der Waals surface area contributed by atoms with Gasteiger partial charge in [0.2, 0.25) is 21.8 Å². The number of anilines is 1. The summed E-state index contributed by atoms with van der Waals surface area (Å²) in [5.74, 6) is -0.671. The first kappa shape index (κ1) is 28.7. The van der Waals surface area contributed by atoms with Crippen molar-refractivity contribution in [1.29, 1.82) is 0 Å². The highest BCUT2D eigenvalue weighted by Crippen LogP contribution is 2.33. The number of nitrogens with zero attached hydrogens (tertiary/aromatic N) is 2. The summed E-state index contributed by atoms with van der Waals surface area (Å²) in [6, 6.07) is 10.5. The molecule has 11 heteroatoms. The van der Waals surface area contributed by atoms with Gasteiger partial charge in [0.15, 0.2) is 0 Å². The lowest BCUT2D eigenvalue weighted by molar-refractivity contribution is -0.139. The molecular formula is C24H31Cl2N3O5S. The number of carbonyl (C=O) groups excluding carboxylic acids is 2. The third-order valence-corrected chi connectivity index (χ3v) is 6.92. The Balaban J connectivity index is 2.42. The van der Waals surface area contributed by atoms with E-state index in [0.717, 1.165) is 23.4 Å². The molecule has 8 nitrogen and oxygen atoms in total. The second kappa shape index (κ2) is 13.0. The predicted molar refractivity (Wildman–Crippen MR) is 140 cm³/mol. The van der Waals surface area contributed by atoms with Gasteiger partial charge in [0.25, 0.3) is 0 Å². The van der Waals surface area contributed by atoms with Crippen LogP contribution >= 0.6 is 23.2 Å². The predicted octanol–water partition coefficient (Wildman–Crippen LogP) is 4.10. The molecule has 0 bridgehead atoms. The average molecular weight is 545 g/mol. The highest BCUT2D eigenvalue weighted by Gasteiger charge is 2.31. The number of unbranched alkanes of at least 4 members (excludes halogenated alkanes) is 1.